The van der Waals surface area contributed by atoms with Crippen LogP contribution in [-0.2, 0) is 12.0 Å². The van der Waals surface area contributed by atoms with E-state index in [0.29, 0.717) is 67.9 Å². The Morgan fingerprint density at radius 3 is 2.39 bits per heavy atom. The van der Waals surface area contributed by atoms with Crippen molar-refractivity contribution in [1.29, 1.82) is 0 Å². The van der Waals surface area contributed by atoms with E-state index in [-0.39, 0.29) is 23.6 Å². The molecule has 1 aliphatic rings. The molecule has 0 unspecified atom stereocenters. The Morgan fingerprint density at radius 2 is 1.65 bits per heavy atom. The van der Waals surface area contributed by atoms with Gasteiger partial charge in [-0.2, -0.15) is 5.10 Å². The summed E-state index contributed by atoms with van der Waals surface area (Å²) in [6, 6.07) is 24.6. The van der Waals surface area contributed by atoms with Crippen LogP contribution in [0.2, 0.25) is 0 Å². The molecule has 0 atom stereocenters. The maximum absolute atomic E-state index is 13.5. The van der Waals surface area contributed by atoms with E-state index < -0.39 is 12.2 Å². The van der Waals surface area contributed by atoms with Crippen molar-refractivity contribution in [3.63, 3.8) is 0 Å². The fraction of sp³-hybridized carbons (Fsp3) is 0.302. The Balaban J connectivity index is 0.964. The van der Waals surface area contributed by atoms with E-state index >= 15 is 0 Å². The van der Waals surface area contributed by atoms with Gasteiger partial charge >= 0.3 is 6.03 Å². The summed E-state index contributed by atoms with van der Waals surface area (Å²) in [4.78, 5) is 41.2. The third-order valence-electron chi connectivity index (χ3n) is 9.72. The Labute approximate surface area is 331 Å². The Kier molecular flexibility index (Phi) is 11.7. The summed E-state index contributed by atoms with van der Waals surface area (Å²) >= 11 is 0. The second-order valence-electron chi connectivity index (χ2n) is 15.2. The highest BCUT2D eigenvalue weighted by Crippen LogP contribution is 2.33. The highest BCUT2D eigenvalue weighted by molar-refractivity contribution is 6.07. The quantitative estimate of drug-likeness (QED) is 0.0972. The standard InChI is InChI=1S/C43H47FN10O3/c1-28-9-11-31(12-10-28)54-40(24-37(52-54)43(2,3)4)51-42(56)49-34-13-14-36(33-8-6-5-7-32(33)34)57-27-29-15-18-45-38(23-29)50-39-26-47-35(25-48-39)41(55)46-19-22-53-20-16-30(44)17-21-53/h5-15,18,23-26,30H,16-17,19-22,27H2,1-4H3,(H,46,55)(H,45,48,50)(H2,49,51,56). The van der Waals surface area contributed by atoms with Gasteiger partial charge in [-0.3, -0.25) is 10.1 Å². The molecule has 0 aliphatic carbocycles. The number of anilines is 4. The number of hydrogen-bond acceptors (Lipinski definition) is 9. The number of alkyl halides is 1. The van der Waals surface area contributed by atoms with E-state index in [1.54, 1.807) is 10.9 Å². The maximum Gasteiger partial charge on any atom is 0.324 e. The lowest BCUT2D eigenvalue weighted by molar-refractivity contribution is 0.0935. The molecule has 0 radical (unpaired) electrons. The lowest BCUT2D eigenvalue weighted by Crippen LogP contribution is -2.40. The van der Waals surface area contributed by atoms with Crippen LogP contribution in [0.4, 0.5) is 32.3 Å². The van der Waals surface area contributed by atoms with Gasteiger partial charge in [0.05, 0.1) is 29.5 Å². The summed E-state index contributed by atoms with van der Waals surface area (Å²) < 4.78 is 21.4. The number of carbonyl (C=O) groups is 2. The molecule has 3 amide bonds. The first-order valence-corrected chi connectivity index (χ1v) is 19.1. The van der Waals surface area contributed by atoms with Gasteiger partial charge in [-0.05, 0) is 61.7 Å². The molecule has 14 heteroatoms. The molecular weight excluding hydrogens is 724 g/mol. The van der Waals surface area contributed by atoms with Gasteiger partial charge in [0, 0.05) is 54.6 Å². The second kappa shape index (κ2) is 17.2. The first-order valence-electron chi connectivity index (χ1n) is 19.1. The van der Waals surface area contributed by atoms with Gasteiger partial charge in [-0.15, -0.1) is 0 Å². The van der Waals surface area contributed by atoms with Crippen LogP contribution in [0.5, 0.6) is 5.75 Å². The number of halogens is 1. The van der Waals surface area contributed by atoms with E-state index in [1.165, 1.54) is 12.4 Å². The minimum atomic E-state index is -0.724. The number of nitrogens with zero attached hydrogens (tertiary/aromatic N) is 6. The molecule has 1 saturated heterocycles. The number of urea groups is 1. The van der Waals surface area contributed by atoms with Crippen LogP contribution in [0.3, 0.4) is 0 Å². The van der Waals surface area contributed by atoms with Crippen LogP contribution in [0.1, 0.15) is 60.9 Å². The number of rotatable bonds is 12. The third-order valence-corrected chi connectivity index (χ3v) is 9.72. The van der Waals surface area contributed by atoms with Gasteiger partial charge in [0.2, 0.25) is 0 Å². The summed E-state index contributed by atoms with van der Waals surface area (Å²) in [5, 5.41) is 18.5. The largest absolute Gasteiger partial charge is 0.488 e. The van der Waals surface area contributed by atoms with Crippen LogP contribution < -0.4 is 26.0 Å². The number of nitrogens with one attached hydrogen (secondary N) is 4. The van der Waals surface area contributed by atoms with Crippen molar-refractivity contribution in [2.24, 2.45) is 0 Å². The zero-order chi connectivity index (χ0) is 39.9. The van der Waals surface area contributed by atoms with E-state index in [2.05, 4.69) is 61.9 Å². The van der Waals surface area contributed by atoms with E-state index in [0.717, 1.165) is 33.3 Å². The number of amides is 3. The molecule has 3 aromatic heterocycles. The van der Waals surface area contributed by atoms with E-state index in [1.807, 2.05) is 85.8 Å². The van der Waals surface area contributed by atoms with Crippen molar-refractivity contribution in [2.45, 2.75) is 58.7 Å². The molecule has 6 aromatic rings. The number of pyridine rings is 1. The first-order chi connectivity index (χ1) is 27.5. The Hall–Kier alpha value is -6.41. The topological polar surface area (TPSA) is 151 Å². The average Bonchev–Trinajstić information content (AvgIpc) is 3.63. The van der Waals surface area contributed by atoms with E-state index in [9.17, 15) is 14.0 Å². The smallest absolute Gasteiger partial charge is 0.324 e. The number of likely N-dealkylation sites (tertiary alicyclic amines) is 1. The summed E-state index contributed by atoms with van der Waals surface area (Å²) in [6.07, 6.45) is 4.92. The van der Waals surface area contributed by atoms with Gasteiger partial charge in [0.15, 0.2) is 0 Å². The van der Waals surface area contributed by atoms with E-state index in [4.69, 9.17) is 9.84 Å². The molecule has 0 bridgehead atoms. The number of fused-ring (bicyclic) bond motifs is 1. The van der Waals surface area contributed by atoms with Crippen molar-refractivity contribution < 1.29 is 18.7 Å². The molecule has 1 fully saturated rings. The lowest BCUT2D eigenvalue weighted by Gasteiger charge is -2.28. The number of hydrogen-bond donors (Lipinski definition) is 4. The average molecular weight is 771 g/mol. The maximum atomic E-state index is 13.5. The monoisotopic (exact) mass is 770 g/mol. The molecule has 0 saturated carbocycles. The molecule has 4 N–H and O–H groups in total. The molecule has 4 heterocycles. The molecule has 0 spiro atoms. The van der Waals surface area contributed by atoms with Gasteiger partial charge in [-0.1, -0.05) is 62.7 Å². The lowest BCUT2D eigenvalue weighted by atomic mass is 9.92. The number of carbonyl (C=O) groups excluding carboxylic acids is 2. The Morgan fingerprint density at radius 1 is 0.877 bits per heavy atom. The number of benzene rings is 3. The fourth-order valence-electron chi connectivity index (χ4n) is 6.47. The molecule has 7 rings (SSSR count). The second-order valence-corrected chi connectivity index (χ2v) is 15.2. The van der Waals surface area contributed by atoms with Gasteiger partial charge in [-0.25, -0.2) is 28.8 Å². The summed E-state index contributed by atoms with van der Waals surface area (Å²) in [5.74, 6) is 1.86. The fourth-order valence-corrected chi connectivity index (χ4v) is 6.47. The predicted molar refractivity (Wildman–Crippen MR) is 220 cm³/mol. The van der Waals surface area contributed by atoms with Crippen molar-refractivity contribution in [1.82, 2.24) is 34.9 Å². The number of ether oxygens (including phenoxy) is 1. The zero-order valence-corrected chi connectivity index (χ0v) is 32.6. The SMILES string of the molecule is Cc1ccc(-n2nc(C(C)(C)C)cc2NC(=O)Nc2ccc(OCc3ccnc(Nc4cnc(C(=O)NCCN5CCC(F)CC5)cn4)c3)c3ccccc23)cc1. The molecule has 3 aromatic carbocycles. The minimum Gasteiger partial charge on any atom is -0.488 e. The molecule has 13 nitrogen and oxygen atoms in total. The van der Waals surface area contributed by atoms with Gasteiger partial charge < -0.3 is 25.6 Å². The van der Waals surface area contributed by atoms with Crippen molar-refractivity contribution in [2.75, 3.05) is 42.1 Å². The van der Waals surface area contributed by atoms with Crippen LogP contribution in [0, 0.1) is 6.92 Å². The normalized spacial score (nSPS) is 13.6. The highest BCUT2D eigenvalue weighted by atomic mass is 19.1. The summed E-state index contributed by atoms with van der Waals surface area (Å²) in [7, 11) is 0. The van der Waals surface area contributed by atoms with Crippen LogP contribution in [0.15, 0.2) is 97.5 Å². The Bertz CT molecular complexity index is 2330. The predicted octanol–water partition coefficient (Wildman–Crippen LogP) is 7.95. The molecular formula is C43H47FN10O3. The van der Waals surface area contributed by atoms with Crippen LogP contribution in [0.25, 0.3) is 16.5 Å². The summed E-state index contributed by atoms with van der Waals surface area (Å²) in [6.45, 7) is 11.1. The van der Waals surface area contributed by atoms with Gasteiger partial charge in [0.25, 0.3) is 5.91 Å². The summed E-state index contributed by atoms with van der Waals surface area (Å²) in [5.41, 5.74) is 4.30. The minimum absolute atomic E-state index is 0.201. The number of aryl methyl sites for hydroxylation is 1. The van der Waals surface area contributed by atoms with Crippen molar-refractivity contribution in [3.8, 4) is 11.4 Å². The van der Waals surface area contributed by atoms with Crippen molar-refractivity contribution >= 4 is 45.9 Å². The molecule has 57 heavy (non-hydrogen) atoms. The number of aromatic nitrogens is 5. The zero-order valence-electron chi connectivity index (χ0n) is 32.6. The van der Waals surface area contributed by atoms with Gasteiger partial charge in [0.1, 0.15) is 41.7 Å². The molecule has 294 valence electrons. The third kappa shape index (κ3) is 9.89. The first kappa shape index (κ1) is 38.8. The molecule has 1 aliphatic heterocycles. The van der Waals surface area contributed by atoms with Crippen LogP contribution in [-0.4, -0.2) is 73.9 Å². The number of piperidine rings is 1. The van der Waals surface area contributed by atoms with Crippen LogP contribution >= 0.6 is 0 Å². The van der Waals surface area contributed by atoms with Crippen molar-refractivity contribution in [3.05, 3.63) is 120 Å². The highest BCUT2D eigenvalue weighted by Gasteiger charge is 2.22.